The van der Waals surface area contributed by atoms with Crippen LogP contribution in [0, 0.1) is 0 Å². The molecule has 0 aliphatic heterocycles. The third-order valence-corrected chi connectivity index (χ3v) is 8.43. The Morgan fingerprint density at radius 1 is 0.439 bits per heavy atom. The number of aliphatic hydroxyl groups is 5. The van der Waals surface area contributed by atoms with Crippen LogP contribution in [0.2, 0.25) is 0 Å². The van der Waals surface area contributed by atoms with Gasteiger partial charge in [-0.3, -0.25) is 19.2 Å². The molecule has 8 unspecified atom stereocenters. The number of hydrogen-bond acceptors (Lipinski definition) is 24. The number of aliphatic hydroxyl groups excluding tert-OH is 5. The van der Waals surface area contributed by atoms with Crippen LogP contribution in [-0.4, -0.2) is 189 Å². The number of halogens is 4. The maximum Gasteiger partial charge on any atom is 4.00 e. The molecule has 0 heterocycles. The van der Waals surface area contributed by atoms with Crippen LogP contribution >= 0.6 is 46.4 Å². The van der Waals surface area contributed by atoms with E-state index in [0.29, 0.717) is 0 Å². The molecule has 0 radical (unpaired) electrons. The van der Waals surface area contributed by atoms with Crippen LogP contribution < -0.4 is 35.7 Å². The first-order valence-electron chi connectivity index (χ1n) is 19.0. The van der Waals surface area contributed by atoms with Crippen LogP contribution in [-0.2, 0) is 83.5 Å². The van der Waals surface area contributed by atoms with E-state index in [2.05, 4.69) is 18.9 Å². The molecule has 66 heavy (non-hydrogen) atoms. The van der Waals surface area contributed by atoms with Gasteiger partial charge in [0, 0.05) is 30.5 Å². The Hall–Kier alpha value is -1.98. The van der Waals surface area contributed by atoms with E-state index in [1.807, 2.05) is 0 Å². The van der Waals surface area contributed by atoms with Gasteiger partial charge in [-0.05, 0) is 77.0 Å². The van der Waals surface area contributed by atoms with Crippen molar-refractivity contribution < 1.29 is 145 Å². The normalized spacial score (nSPS) is 13.8. The summed E-state index contributed by atoms with van der Waals surface area (Å²) in [5.41, 5.74) is 0. The first-order valence-corrected chi connectivity index (χ1v) is 20.7. The zero-order chi connectivity index (χ0) is 50.2. The van der Waals surface area contributed by atoms with Crippen molar-refractivity contribution >= 4 is 112 Å². The van der Waals surface area contributed by atoms with Crippen LogP contribution in [0.3, 0.4) is 0 Å². The molecule has 8 atom stereocenters. The second kappa shape index (κ2) is 49.4. The van der Waals surface area contributed by atoms with Crippen molar-refractivity contribution in [1.29, 1.82) is 0 Å². The maximum absolute atomic E-state index is 11.1. The molecular weight excluding hydrogens is 1080 g/mol. The van der Waals surface area contributed by atoms with Crippen molar-refractivity contribution in [2.45, 2.75) is 123 Å². The molecule has 376 valence electrons. The van der Waals surface area contributed by atoms with E-state index in [1.54, 1.807) is 0 Å². The molecule has 0 spiro atoms. The number of hydrogen-bond donors (Lipinski definition) is 5. The monoisotopic (exact) mass is 1130 g/mol. The Labute approximate surface area is 429 Å². The molecule has 0 aromatic carbocycles. The van der Waals surface area contributed by atoms with Gasteiger partial charge in [-0.2, -0.15) is 0 Å². The summed E-state index contributed by atoms with van der Waals surface area (Å²) < 4.78 is 18.1. The molecule has 0 aliphatic rings. The summed E-state index contributed by atoms with van der Waals surface area (Å²) in [6.07, 6.45) is -4.45. The Balaban J connectivity index is -0.000000180. The maximum atomic E-state index is 11.1. The van der Waals surface area contributed by atoms with E-state index in [9.17, 15) is 74.1 Å². The molecule has 0 aromatic heterocycles. The van der Waals surface area contributed by atoms with Crippen LogP contribution in [0.4, 0.5) is 0 Å². The summed E-state index contributed by atoms with van der Waals surface area (Å²) in [5.74, 6) is -7.91. The summed E-state index contributed by atoms with van der Waals surface area (Å²) in [7, 11) is 0. The topological polar surface area (TPSA) is 436 Å². The van der Waals surface area contributed by atoms with Crippen molar-refractivity contribution in [3.05, 3.63) is 0 Å². The third-order valence-electron chi connectivity index (χ3n) is 6.85. The van der Waals surface area contributed by atoms with Gasteiger partial charge < -0.3 is 99.4 Å². The van der Waals surface area contributed by atoms with Crippen LogP contribution in [0.1, 0.15) is 77.0 Å². The molecule has 0 aromatic rings. The van der Waals surface area contributed by atoms with Crippen LogP contribution in [0.5, 0.6) is 0 Å². The van der Waals surface area contributed by atoms with Gasteiger partial charge in [0.25, 0.3) is 0 Å². The van der Waals surface area contributed by atoms with E-state index >= 15 is 0 Å². The van der Waals surface area contributed by atoms with E-state index in [4.69, 9.17) is 71.9 Å². The Kier molecular flexibility index (Phi) is 56.6. The van der Waals surface area contributed by atoms with Gasteiger partial charge in [0.15, 0.2) is 0 Å². The Morgan fingerprint density at radius 2 is 0.667 bits per heavy atom. The quantitative estimate of drug-likeness (QED) is 0.0181. The third kappa shape index (κ3) is 53.0. The molecule has 0 bridgehead atoms. The van der Waals surface area contributed by atoms with Crippen molar-refractivity contribution in [3.8, 4) is 0 Å². The standard InChI is InChI=1S/2C9H15ClO6.C9H14ClO6.C9H13ClO6.Al.Zr/c4*10-7(2-1-3-8(13)14)9(15)16-5-6(12)4-11;;/h2*6-7,11-12H,1-5H2,(H,13,14);6-7,11H,1-5H2,(H,13,14);6-7H,1-5H2,(H,13,14);;/q;;-1;-2;+3;+4/p-4. The smallest absolute Gasteiger partial charge is 0.855 e. The zero-order valence-corrected chi connectivity index (χ0v) is 42.0. The predicted molar refractivity (Wildman–Crippen MR) is 209 cm³/mol. The first-order chi connectivity index (χ1) is 29.9. The summed E-state index contributed by atoms with van der Waals surface area (Å²) in [5, 5.41) is 111. The molecule has 0 saturated heterocycles. The minimum atomic E-state index is -1.49. The van der Waals surface area contributed by atoms with E-state index < -0.39 is 133 Å². The van der Waals surface area contributed by atoms with Crippen molar-refractivity contribution in [1.82, 2.24) is 0 Å². The molecule has 30 heteroatoms. The fraction of sp³-hybridized carbons (Fsp3) is 0.778. The number of rotatable bonds is 32. The van der Waals surface area contributed by atoms with Crippen LogP contribution in [0.25, 0.3) is 0 Å². The Bertz CT molecular complexity index is 1140. The summed E-state index contributed by atoms with van der Waals surface area (Å²) in [6.45, 7) is -4.13. The van der Waals surface area contributed by atoms with E-state index in [0.717, 1.165) is 0 Å². The second-order valence-corrected chi connectivity index (χ2v) is 14.8. The summed E-state index contributed by atoms with van der Waals surface area (Å²) >= 11 is 22.4. The SMILES string of the molecule is O=C([O-])CCCC(Cl)C(=O)OCC(O)CO.O=C([O-])CCCC(Cl)C(=O)OCC(O)CO.O=C([O-])CCCC(Cl)C(=O)OCC([O-])CO.O=C([O-])CCCC(Cl)C(=O)OCC([O-])C[O-].[Al+3].[Zr+4]. The number of aliphatic carboxylic acids is 4. The first kappa shape index (κ1) is 75.5. The fourth-order valence-corrected chi connectivity index (χ4v) is 4.32. The van der Waals surface area contributed by atoms with Gasteiger partial charge in [0.05, 0.1) is 26.4 Å². The summed E-state index contributed by atoms with van der Waals surface area (Å²) in [6, 6.07) is 0. The zero-order valence-electron chi connectivity index (χ0n) is 35.3. The fourth-order valence-electron chi connectivity index (χ4n) is 3.45. The molecular formula is C36H53AlCl4O24Zr. The number of carbonyl (C=O) groups is 8. The van der Waals surface area contributed by atoms with Gasteiger partial charge in [-0.25, -0.2) is 0 Å². The number of carboxylic acids is 4. The number of esters is 4. The van der Waals surface area contributed by atoms with Gasteiger partial charge in [0.2, 0.25) is 0 Å². The number of carboxylic acid groups (broad SMARTS) is 4. The molecule has 0 amide bonds. The van der Waals surface area contributed by atoms with E-state index in [-0.39, 0.29) is 134 Å². The minimum Gasteiger partial charge on any atom is -0.855 e. The van der Waals surface area contributed by atoms with Crippen LogP contribution in [0.15, 0.2) is 0 Å². The molecule has 0 saturated carbocycles. The number of ether oxygens (including phenoxy) is 4. The summed E-state index contributed by atoms with van der Waals surface area (Å²) in [4.78, 5) is 84.7. The predicted octanol–water partition coefficient (Wildman–Crippen LogP) is -8.64. The van der Waals surface area contributed by atoms with Gasteiger partial charge >= 0.3 is 67.4 Å². The van der Waals surface area contributed by atoms with Crippen molar-refractivity contribution in [2.75, 3.05) is 52.9 Å². The largest absolute Gasteiger partial charge is 4.00 e. The Morgan fingerprint density at radius 3 is 0.864 bits per heavy atom. The average Bonchev–Trinajstić information content (AvgIpc) is 3.24. The van der Waals surface area contributed by atoms with Crippen molar-refractivity contribution in [2.24, 2.45) is 0 Å². The van der Waals surface area contributed by atoms with Gasteiger partial charge in [0.1, 0.15) is 46.9 Å². The molecule has 0 aliphatic carbocycles. The number of alkyl halides is 4. The molecule has 0 fully saturated rings. The minimum absolute atomic E-state index is 0. The number of carbonyl (C=O) groups excluding carboxylic acids is 8. The molecule has 5 N–H and O–H groups in total. The van der Waals surface area contributed by atoms with Gasteiger partial charge in [-0.15, -0.1) is 59.1 Å². The van der Waals surface area contributed by atoms with Crippen molar-refractivity contribution in [3.63, 3.8) is 0 Å². The second-order valence-electron chi connectivity index (χ2n) is 12.7. The molecule has 0 rings (SSSR count). The molecule has 24 nitrogen and oxygen atoms in total. The average molecular weight is 1130 g/mol. The van der Waals surface area contributed by atoms with E-state index in [1.165, 1.54) is 0 Å². The van der Waals surface area contributed by atoms with Gasteiger partial charge in [-0.1, -0.05) is 6.10 Å².